The number of unbranched alkanes of at least 4 members (excludes halogenated alkanes) is 12. The third-order valence-corrected chi connectivity index (χ3v) is 3.21. The van der Waals surface area contributed by atoms with E-state index in [4.69, 9.17) is 0 Å². The molecule has 0 nitrogen and oxygen atoms in total. The first kappa shape index (κ1) is 18.7. The van der Waals surface area contributed by atoms with Gasteiger partial charge >= 0.3 is 0 Å². The van der Waals surface area contributed by atoms with E-state index < -0.39 is 0 Å². The van der Waals surface area contributed by atoms with Crippen molar-refractivity contribution in [2.75, 3.05) is 0 Å². The fourth-order valence-corrected chi connectivity index (χ4v) is 2.09. The molecule has 0 spiro atoms. The van der Waals surface area contributed by atoms with Crippen molar-refractivity contribution in [3.63, 3.8) is 0 Å². The van der Waals surface area contributed by atoms with Gasteiger partial charge in [0.1, 0.15) is 0 Å². The third-order valence-electron chi connectivity index (χ3n) is 3.21. The van der Waals surface area contributed by atoms with Crippen molar-refractivity contribution < 1.29 is 0 Å². The fourth-order valence-electron chi connectivity index (χ4n) is 2.09. The van der Waals surface area contributed by atoms with Gasteiger partial charge in [0, 0.05) is 13.5 Å². The topological polar surface area (TPSA) is 0 Å². The molecule has 0 aromatic rings. The summed E-state index contributed by atoms with van der Waals surface area (Å²) in [7, 11) is 0. The molecule has 98 valence electrons. The van der Waals surface area contributed by atoms with Crippen molar-refractivity contribution in [2.24, 2.45) is 0 Å². The standard InChI is InChI=1S/C15H32.S/c1-3-5-7-9-11-13-15-14-12-10-8-6-4-2;/h3-15H2,1-2H3;. The van der Waals surface area contributed by atoms with Crippen LogP contribution in [0.1, 0.15) is 97.3 Å². The minimum atomic E-state index is 0. The second-order valence-electron chi connectivity index (χ2n) is 4.89. The van der Waals surface area contributed by atoms with Crippen LogP contribution in [0.3, 0.4) is 0 Å². The second-order valence-corrected chi connectivity index (χ2v) is 4.89. The first-order chi connectivity index (χ1) is 7.41. The summed E-state index contributed by atoms with van der Waals surface area (Å²) >= 11 is 0. The normalized spacial score (nSPS) is 10.1. The van der Waals surface area contributed by atoms with Crippen molar-refractivity contribution in [2.45, 2.75) is 97.3 Å². The SMILES string of the molecule is CCCCCCCCCCCCCCC.[S]. The van der Waals surface area contributed by atoms with Crippen molar-refractivity contribution in [3.8, 4) is 0 Å². The zero-order valence-corrected chi connectivity index (χ0v) is 12.4. The highest BCUT2D eigenvalue weighted by Crippen LogP contribution is 2.12. The Morgan fingerprint density at radius 3 is 0.750 bits per heavy atom. The average molecular weight is 244 g/mol. The molecule has 1 heteroatoms. The van der Waals surface area contributed by atoms with E-state index >= 15 is 0 Å². The number of rotatable bonds is 12. The maximum atomic E-state index is 2.29. The molecule has 0 atom stereocenters. The molecule has 0 saturated heterocycles. The van der Waals surface area contributed by atoms with Gasteiger partial charge in [0.05, 0.1) is 0 Å². The molecule has 2 radical (unpaired) electrons. The van der Waals surface area contributed by atoms with E-state index in [1.807, 2.05) is 0 Å². The molecule has 0 aliphatic heterocycles. The third kappa shape index (κ3) is 16.8. The van der Waals surface area contributed by atoms with E-state index in [0.29, 0.717) is 0 Å². The molecule has 0 aliphatic rings. The summed E-state index contributed by atoms with van der Waals surface area (Å²) in [6.07, 6.45) is 18.9. The van der Waals surface area contributed by atoms with Gasteiger partial charge in [-0.25, -0.2) is 0 Å². The molecule has 0 heterocycles. The van der Waals surface area contributed by atoms with Gasteiger partial charge < -0.3 is 0 Å². The van der Waals surface area contributed by atoms with Crippen LogP contribution >= 0.6 is 13.5 Å². The molecular weight excluding hydrogens is 212 g/mol. The quantitative estimate of drug-likeness (QED) is 0.333. The monoisotopic (exact) mass is 244 g/mol. The van der Waals surface area contributed by atoms with Gasteiger partial charge in [-0.15, -0.1) is 0 Å². The highest BCUT2D eigenvalue weighted by molar-refractivity contribution is 7.59. The van der Waals surface area contributed by atoms with E-state index in [2.05, 4.69) is 13.8 Å². The molecule has 0 aromatic heterocycles. The minimum absolute atomic E-state index is 0. The molecule has 0 aromatic carbocycles. The van der Waals surface area contributed by atoms with Gasteiger partial charge in [0.15, 0.2) is 0 Å². The Labute approximate surface area is 111 Å². The first-order valence-electron chi connectivity index (χ1n) is 7.41. The molecule has 0 bridgehead atoms. The molecular formula is C15H32S. The van der Waals surface area contributed by atoms with Gasteiger partial charge in [0.2, 0.25) is 0 Å². The Kier molecular flexibility index (Phi) is 20.7. The van der Waals surface area contributed by atoms with Crippen molar-refractivity contribution in [1.82, 2.24) is 0 Å². The van der Waals surface area contributed by atoms with Gasteiger partial charge in [-0.05, 0) is 0 Å². The summed E-state index contributed by atoms with van der Waals surface area (Å²) in [5, 5.41) is 0. The highest BCUT2D eigenvalue weighted by atomic mass is 32.1. The smallest absolute Gasteiger partial charge is 0 e. The summed E-state index contributed by atoms with van der Waals surface area (Å²) in [6.45, 7) is 4.58. The Morgan fingerprint density at radius 1 is 0.375 bits per heavy atom. The van der Waals surface area contributed by atoms with Crippen molar-refractivity contribution in [1.29, 1.82) is 0 Å². The van der Waals surface area contributed by atoms with Gasteiger partial charge in [-0.2, -0.15) is 0 Å². The molecule has 0 amide bonds. The van der Waals surface area contributed by atoms with Gasteiger partial charge in [-0.1, -0.05) is 97.3 Å². The number of hydrogen-bond donors (Lipinski definition) is 0. The van der Waals surface area contributed by atoms with Crippen LogP contribution < -0.4 is 0 Å². The van der Waals surface area contributed by atoms with Gasteiger partial charge in [-0.3, -0.25) is 0 Å². The summed E-state index contributed by atoms with van der Waals surface area (Å²) in [5.41, 5.74) is 0. The Morgan fingerprint density at radius 2 is 0.562 bits per heavy atom. The van der Waals surface area contributed by atoms with Crippen LogP contribution in [0.25, 0.3) is 0 Å². The second kappa shape index (κ2) is 17.7. The average Bonchev–Trinajstić information content (AvgIpc) is 2.26. The molecule has 0 saturated carbocycles. The van der Waals surface area contributed by atoms with Crippen molar-refractivity contribution >= 4 is 13.5 Å². The van der Waals surface area contributed by atoms with E-state index in [0.717, 1.165) is 0 Å². The predicted octanol–water partition coefficient (Wildman–Crippen LogP) is 6.75. The first-order valence-corrected chi connectivity index (χ1v) is 7.41. The zero-order valence-electron chi connectivity index (χ0n) is 11.6. The van der Waals surface area contributed by atoms with Crippen LogP contribution in [-0.2, 0) is 0 Å². The van der Waals surface area contributed by atoms with Crippen LogP contribution in [0.5, 0.6) is 0 Å². The Hall–Kier alpha value is 0.350. The lowest BCUT2D eigenvalue weighted by Crippen LogP contribution is -1.82. The Balaban J connectivity index is 0. The molecule has 0 aliphatic carbocycles. The molecule has 0 unspecified atom stereocenters. The lowest BCUT2D eigenvalue weighted by Gasteiger charge is -2.01. The van der Waals surface area contributed by atoms with Crippen LogP contribution in [0.4, 0.5) is 0 Å². The minimum Gasteiger partial charge on any atom is -0.0654 e. The summed E-state index contributed by atoms with van der Waals surface area (Å²) in [6, 6.07) is 0. The van der Waals surface area contributed by atoms with Crippen LogP contribution in [0.2, 0.25) is 0 Å². The molecule has 0 rings (SSSR count). The summed E-state index contributed by atoms with van der Waals surface area (Å²) in [5.74, 6) is 0. The molecule has 16 heavy (non-hydrogen) atoms. The lowest BCUT2D eigenvalue weighted by molar-refractivity contribution is 0.542. The summed E-state index contributed by atoms with van der Waals surface area (Å²) < 4.78 is 0. The van der Waals surface area contributed by atoms with E-state index in [1.165, 1.54) is 83.5 Å². The van der Waals surface area contributed by atoms with Crippen LogP contribution in [0, 0.1) is 0 Å². The maximum absolute atomic E-state index is 2.29. The van der Waals surface area contributed by atoms with E-state index in [-0.39, 0.29) is 13.5 Å². The van der Waals surface area contributed by atoms with Crippen LogP contribution in [-0.4, -0.2) is 0 Å². The van der Waals surface area contributed by atoms with E-state index in [1.54, 1.807) is 0 Å². The fraction of sp³-hybridized carbons (Fsp3) is 1.00. The molecule has 0 fully saturated rings. The van der Waals surface area contributed by atoms with Crippen LogP contribution in [0.15, 0.2) is 0 Å². The highest BCUT2D eigenvalue weighted by Gasteiger charge is 1.92. The molecule has 0 N–H and O–H groups in total. The predicted molar refractivity (Wildman–Crippen MR) is 79.0 cm³/mol. The van der Waals surface area contributed by atoms with E-state index in [9.17, 15) is 0 Å². The largest absolute Gasteiger partial charge is 0.0654 e. The zero-order chi connectivity index (χ0) is 11.2. The van der Waals surface area contributed by atoms with Crippen molar-refractivity contribution in [3.05, 3.63) is 0 Å². The maximum Gasteiger partial charge on any atom is 0 e. The van der Waals surface area contributed by atoms with Gasteiger partial charge in [0.25, 0.3) is 0 Å². The summed E-state index contributed by atoms with van der Waals surface area (Å²) in [4.78, 5) is 0. The Bertz CT molecular complexity index is 89.6. The number of hydrogen-bond acceptors (Lipinski definition) is 0. The lowest BCUT2D eigenvalue weighted by atomic mass is 10.1.